The summed E-state index contributed by atoms with van der Waals surface area (Å²) in [6, 6.07) is 7.05. The minimum Gasteiger partial charge on any atom is -0.508 e. The molecule has 0 fully saturated rings. The second kappa shape index (κ2) is 3.50. The van der Waals surface area contributed by atoms with Gasteiger partial charge >= 0.3 is 0 Å². The Kier molecular flexibility index (Phi) is 2.33. The summed E-state index contributed by atoms with van der Waals surface area (Å²) in [5, 5.41) is 9.26. The molecule has 2 nitrogen and oxygen atoms in total. The first-order valence-electron chi connectivity index (χ1n) is 4.21. The van der Waals surface area contributed by atoms with Crippen LogP contribution >= 0.6 is 15.9 Å². The van der Waals surface area contributed by atoms with E-state index in [1.54, 1.807) is 18.4 Å². The molecule has 0 amide bonds. The quantitative estimate of drug-likeness (QED) is 0.840. The summed E-state index contributed by atoms with van der Waals surface area (Å²) in [4.78, 5) is 0. The van der Waals surface area contributed by atoms with Crippen LogP contribution in [-0.4, -0.2) is 5.11 Å². The van der Waals surface area contributed by atoms with E-state index in [1.807, 2.05) is 19.1 Å². The Morgan fingerprint density at radius 1 is 1.29 bits per heavy atom. The van der Waals surface area contributed by atoms with E-state index in [4.69, 9.17) is 4.42 Å². The first kappa shape index (κ1) is 9.34. The molecule has 0 bridgehead atoms. The molecule has 0 unspecified atom stereocenters. The number of phenolic OH excluding ortho intramolecular Hbond substituents is 1. The third-order valence-electron chi connectivity index (χ3n) is 2.07. The molecule has 0 saturated heterocycles. The van der Waals surface area contributed by atoms with Crippen molar-refractivity contribution in [2.75, 3.05) is 0 Å². The Hall–Kier alpha value is -1.22. The summed E-state index contributed by atoms with van der Waals surface area (Å²) >= 11 is 3.40. The zero-order chi connectivity index (χ0) is 10.1. The van der Waals surface area contributed by atoms with Crippen LogP contribution in [0.2, 0.25) is 0 Å². The van der Waals surface area contributed by atoms with E-state index in [2.05, 4.69) is 15.9 Å². The summed E-state index contributed by atoms with van der Waals surface area (Å²) in [7, 11) is 0. The van der Waals surface area contributed by atoms with Gasteiger partial charge in [-0.25, -0.2) is 0 Å². The molecular formula is C11H9BrO2. The molecule has 0 aliphatic rings. The van der Waals surface area contributed by atoms with E-state index >= 15 is 0 Å². The molecular weight excluding hydrogens is 244 g/mol. The maximum atomic E-state index is 9.26. The zero-order valence-corrected chi connectivity index (χ0v) is 9.21. The standard InChI is InChI=1S/C11H9BrO2/c1-7-6-8(13)2-3-9(7)11-10(12)4-5-14-11/h2-6,13H,1H3. The molecule has 1 heterocycles. The van der Waals surface area contributed by atoms with E-state index < -0.39 is 0 Å². The summed E-state index contributed by atoms with van der Waals surface area (Å²) in [5.41, 5.74) is 1.97. The van der Waals surface area contributed by atoms with Crippen LogP contribution in [0.5, 0.6) is 5.75 Å². The lowest BCUT2D eigenvalue weighted by molar-refractivity contribution is 0.475. The first-order valence-corrected chi connectivity index (χ1v) is 5.01. The van der Waals surface area contributed by atoms with E-state index in [9.17, 15) is 5.11 Å². The molecule has 1 aromatic heterocycles. The van der Waals surface area contributed by atoms with Gasteiger partial charge < -0.3 is 9.52 Å². The molecule has 14 heavy (non-hydrogen) atoms. The molecule has 1 aromatic carbocycles. The van der Waals surface area contributed by atoms with Gasteiger partial charge in [0.2, 0.25) is 0 Å². The van der Waals surface area contributed by atoms with Crippen molar-refractivity contribution in [1.29, 1.82) is 0 Å². The van der Waals surface area contributed by atoms with Crippen LogP contribution in [0, 0.1) is 6.92 Å². The van der Waals surface area contributed by atoms with Crippen LogP contribution in [0.25, 0.3) is 11.3 Å². The minimum absolute atomic E-state index is 0.272. The molecule has 0 radical (unpaired) electrons. The monoisotopic (exact) mass is 252 g/mol. The number of aromatic hydroxyl groups is 1. The number of phenols is 1. The highest BCUT2D eigenvalue weighted by Gasteiger charge is 2.09. The first-order chi connectivity index (χ1) is 6.68. The Balaban J connectivity index is 2.58. The van der Waals surface area contributed by atoms with Gasteiger partial charge in [-0.2, -0.15) is 0 Å². The number of hydrogen-bond acceptors (Lipinski definition) is 2. The van der Waals surface area contributed by atoms with Crippen molar-refractivity contribution >= 4 is 15.9 Å². The van der Waals surface area contributed by atoms with Crippen molar-refractivity contribution in [3.8, 4) is 17.1 Å². The van der Waals surface area contributed by atoms with E-state index in [0.29, 0.717) is 0 Å². The van der Waals surface area contributed by atoms with Crippen LogP contribution in [-0.2, 0) is 0 Å². The molecule has 0 spiro atoms. The van der Waals surface area contributed by atoms with Gasteiger partial charge in [-0.15, -0.1) is 0 Å². The Morgan fingerprint density at radius 3 is 2.64 bits per heavy atom. The van der Waals surface area contributed by atoms with E-state index in [-0.39, 0.29) is 5.75 Å². The number of furan rings is 1. The normalized spacial score (nSPS) is 10.4. The fraction of sp³-hybridized carbons (Fsp3) is 0.0909. The molecule has 3 heteroatoms. The molecule has 0 aliphatic carbocycles. The summed E-state index contributed by atoms with van der Waals surface area (Å²) in [5.74, 6) is 1.07. The number of rotatable bonds is 1. The highest BCUT2D eigenvalue weighted by atomic mass is 79.9. The molecule has 0 atom stereocenters. The van der Waals surface area contributed by atoms with Crippen LogP contribution in [0.4, 0.5) is 0 Å². The number of halogens is 1. The lowest BCUT2D eigenvalue weighted by Gasteiger charge is -2.03. The summed E-state index contributed by atoms with van der Waals surface area (Å²) < 4.78 is 6.27. The molecule has 72 valence electrons. The topological polar surface area (TPSA) is 33.4 Å². The smallest absolute Gasteiger partial charge is 0.148 e. The van der Waals surface area contributed by atoms with Crippen molar-refractivity contribution in [2.45, 2.75) is 6.92 Å². The van der Waals surface area contributed by atoms with Gasteiger partial charge in [0.15, 0.2) is 0 Å². The lowest BCUT2D eigenvalue weighted by atomic mass is 10.1. The average molecular weight is 253 g/mol. The number of aryl methyl sites for hydroxylation is 1. The average Bonchev–Trinajstić information content (AvgIpc) is 2.52. The van der Waals surface area contributed by atoms with Crippen molar-refractivity contribution in [2.24, 2.45) is 0 Å². The second-order valence-electron chi connectivity index (χ2n) is 3.10. The van der Waals surface area contributed by atoms with Crippen molar-refractivity contribution in [1.82, 2.24) is 0 Å². The van der Waals surface area contributed by atoms with Crippen LogP contribution in [0.1, 0.15) is 5.56 Å². The fourth-order valence-electron chi connectivity index (χ4n) is 1.39. The molecule has 2 aromatic rings. The highest BCUT2D eigenvalue weighted by Crippen LogP contribution is 2.32. The van der Waals surface area contributed by atoms with Gasteiger partial charge in [0.1, 0.15) is 11.5 Å². The molecule has 0 saturated carbocycles. The molecule has 1 N–H and O–H groups in total. The third kappa shape index (κ3) is 1.55. The zero-order valence-electron chi connectivity index (χ0n) is 7.62. The second-order valence-corrected chi connectivity index (χ2v) is 3.95. The van der Waals surface area contributed by atoms with Gasteiger partial charge in [0.25, 0.3) is 0 Å². The predicted octanol–water partition coefficient (Wildman–Crippen LogP) is 3.72. The molecule has 0 aliphatic heterocycles. The lowest BCUT2D eigenvalue weighted by Crippen LogP contribution is -1.81. The highest BCUT2D eigenvalue weighted by molar-refractivity contribution is 9.10. The van der Waals surface area contributed by atoms with Gasteiger partial charge in [-0.05, 0) is 52.7 Å². The van der Waals surface area contributed by atoms with E-state index in [0.717, 1.165) is 21.4 Å². The number of benzene rings is 1. The SMILES string of the molecule is Cc1cc(O)ccc1-c1occc1Br. The van der Waals surface area contributed by atoms with Crippen LogP contribution in [0.15, 0.2) is 39.4 Å². The van der Waals surface area contributed by atoms with Gasteiger partial charge in [0.05, 0.1) is 10.7 Å². The maximum Gasteiger partial charge on any atom is 0.148 e. The third-order valence-corrected chi connectivity index (χ3v) is 2.70. The van der Waals surface area contributed by atoms with Crippen LogP contribution < -0.4 is 0 Å². The van der Waals surface area contributed by atoms with Crippen molar-refractivity contribution in [3.63, 3.8) is 0 Å². The van der Waals surface area contributed by atoms with Crippen molar-refractivity contribution < 1.29 is 9.52 Å². The van der Waals surface area contributed by atoms with Crippen molar-refractivity contribution in [3.05, 3.63) is 40.6 Å². The van der Waals surface area contributed by atoms with E-state index in [1.165, 1.54) is 0 Å². The Labute approximate surface area is 90.3 Å². The van der Waals surface area contributed by atoms with Gasteiger partial charge in [-0.3, -0.25) is 0 Å². The Morgan fingerprint density at radius 2 is 2.07 bits per heavy atom. The summed E-state index contributed by atoms with van der Waals surface area (Å²) in [6.45, 7) is 1.93. The van der Waals surface area contributed by atoms with Crippen LogP contribution in [0.3, 0.4) is 0 Å². The fourth-order valence-corrected chi connectivity index (χ4v) is 1.80. The Bertz CT molecular complexity index is 460. The molecule has 2 rings (SSSR count). The minimum atomic E-state index is 0.272. The largest absolute Gasteiger partial charge is 0.508 e. The van der Waals surface area contributed by atoms with Gasteiger partial charge in [0, 0.05) is 5.56 Å². The number of hydrogen-bond donors (Lipinski definition) is 1. The summed E-state index contributed by atoms with van der Waals surface area (Å²) in [6.07, 6.45) is 1.63. The van der Waals surface area contributed by atoms with Gasteiger partial charge in [-0.1, -0.05) is 0 Å². The predicted molar refractivity (Wildman–Crippen MR) is 58.2 cm³/mol. The maximum absolute atomic E-state index is 9.26.